The molecule has 0 aliphatic rings. The highest BCUT2D eigenvalue weighted by atomic mass is 16.5. The Bertz CT molecular complexity index is 793. The lowest BCUT2D eigenvalue weighted by atomic mass is 10.0. The van der Waals surface area contributed by atoms with Crippen LogP contribution < -0.4 is 14.8 Å². The second-order valence-corrected chi connectivity index (χ2v) is 5.39. The van der Waals surface area contributed by atoms with Crippen LogP contribution in [-0.4, -0.2) is 14.2 Å². The number of rotatable bonds is 6. The molecule has 3 heteroatoms. The van der Waals surface area contributed by atoms with Gasteiger partial charge in [-0.25, -0.2) is 0 Å². The van der Waals surface area contributed by atoms with Crippen molar-refractivity contribution < 1.29 is 9.47 Å². The molecule has 3 aromatic rings. The fourth-order valence-corrected chi connectivity index (χ4v) is 2.87. The largest absolute Gasteiger partial charge is 0.493 e. The number of fused-ring (bicyclic) bond motifs is 1. The summed E-state index contributed by atoms with van der Waals surface area (Å²) in [6.07, 6.45) is 0. The monoisotopic (exact) mass is 307 g/mol. The van der Waals surface area contributed by atoms with E-state index in [1.807, 2.05) is 12.1 Å². The summed E-state index contributed by atoms with van der Waals surface area (Å²) in [5.41, 5.74) is 2.39. The molecule has 0 saturated carbocycles. The number of ether oxygens (including phenoxy) is 2. The first kappa shape index (κ1) is 15.4. The van der Waals surface area contributed by atoms with E-state index in [0.29, 0.717) is 0 Å². The molecule has 0 heterocycles. The molecule has 23 heavy (non-hydrogen) atoms. The molecule has 0 bridgehead atoms. The van der Waals surface area contributed by atoms with Crippen molar-refractivity contribution in [1.29, 1.82) is 0 Å². The van der Waals surface area contributed by atoms with E-state index in [-0.39, 0.29) is 0 Å². The van der Waals surface area contributed by atoms with E-state index in [9.17, 15) is 0 Å². The standard InChI is InChI=1S/C20H21NO2/c1-22-19-12-6-10-17(20(19)23-2)14-21-13-16-9-5-8-15-7-3-4-11-18(15)16/h3-12,21H,13-14H2,1-2H3. The van der Waals surface area contributed by atoms with Gasteiger partial charge in [-0.1, -0.05) is 54.6 Å². The minimum atomic E-state index is 0.726. The van der Waals surface area contributed by atoms with Crippen LogP contribution in [0.25, 0.3) is 10.8 Å². The smallest absolute Gasteiger partial charge is 0.165 e. The first-order valence-corrected chi connectivity index (χ1v) is 7.70. The van der Waals surface area contributed by atoms with Gasteiger partial charge < -0.3 is 14.8 Å². The van der Waals surface area contributed by atoms with Crippen LogP contribution >= 0.6 is 0 Å². The van der Waals surface area contributed by atoms with Crippen LogP contribution in [-0.2, 0) is 13.1 Å². The predicted octanol–water partition coefficient (Wildman–Crippen LogP) is 4.15. The SMILES string of the molecule is COc1cccc(CNCc2cccc3ccccc23)c1OC. The van der Waals surface area contributed by atoms with Crippen molar-refractivity contribution in [3.63, 3.8) is 0 Å². The minimum Gasteiger partial charge on any atom is -0.493 e. The third-order valence-corrected chi connectivity index (χ3v) is 4.00. The third kappa shape index (κ3) is 3.30. The molecule has 0 unspecified atom stereocenters. The van der Waals surface area contributed by atoms with Crippen LogP contribution in [0.3, 0.4) is 0 Å². The average Bonchev–Trinajstić information content (AvgIpc) is 2.61. The maximum atomic E-state index is 5.48. The summed E-state index contributed by atoms with van der Waals surface area (Å²) in [5.74, 6) is 1.55. The molecular formula is C20H21NO2. The zero-order valence-electron chi connectivity index (χ0n) is 13.5. The van der Waals surface area contributed by atoms with Crippen LogP contribution in [0.5, 0.6) is 11.5 Å². The van der Waals surface area contributed by atoms with E-state index in [1.165, 1.54) is 16.3 Å². The topological polar surface area (TPSA) is 30.5 Å². The normalized spacial score (nSPS) is 10.7. The lowest BCUT2D eigenvalue weighted by Gasteiger charge is -2.13. The summed E-state index contributed by atoms with van der Waals surface area (Å²) < 4.78 is 10.8. The van der Waals surface area contributed by atoms with Gasteiger partial charge in [0.2, 0.25) is 0 Å². The molecule has 0 fully saturated rings. The van der Waals surface area contributed by atoms with Crippen molar-refractivity contribution in [1.82, 2.24) is 5.32 Å². The van der Waals surface area contributed by atoms with Crippen molar-refractivity contribution >= 4 is 10.8 Å². The van der Waals surface area contributed by atoms with Gasteiger partial charge in [0.15, 0.2) is 11.5 Å². The first-order chi connectivity index (χ1) is 11.3. The Hall–Kier alpha value is -2.52. The molecule has 0 aromatic heterocycles. The van der Waals surface area contributed by atoms with Crippen LogP contribution in [0.15, 0.2) is 60.7 Å². The number of hydrogen-bond donors (Lipinski definition) is 1. The molecule has 0 spiro atoms. The molecule has 0 saturated heterocycles. The van der Waals surface area contributed by atoms with Gasteiger partial charge in [0.05, 0.1) is 14.2 Å². The van der Waals surface area contributed by atoms with Gasteiger partial charge in [0.25, 0.3) is 0 Å². The highest BCUT2D eigenvalue weighted by Crippen LogP contribution is 2.30. The Kier molecular flexibility index (Phi) is 4.79. The molecule has 0 aliphatic carbocycles. The quantitative estimate of drug-likeness (QED) is 0.742. The molecule has 3 rings (SSSR count). The summed E-state index contributed by atoms with van der Waals surface area (Å²) >= 11 is 0. The summed E-state index contributed by atoms with van der Waals surface area (Å²) in [6.45, 7) is 1.53. The second-order valence-electron chi connectivity index (χ2n) is 5.39. The van der Waals surface area contributed by atoms with Gasteiger partial charge in [0.1, 0.15) is 0 Å². The zero-order valence-corrected chi connectivity index (χ0v) is 13.5. The van der Waals surface area contributed by atoms with Crippen molar-refractivity contribution in [2.75, 3.05) is 14.2 Å². The zero-order chi connectivity index (χ0) is 16.1. The van der Waals surface area contributed by atoms with Gasteiger partial charge >= 0.3 is 0 Å². The average molecular weight is 307 g/mol. The van der Waals surface area contributed by atoms with Crippen molar-refractivity contribution in [2.45, 2.75) is 13.1 Å². The molecular weight excluding hydrogens is 286 g/mol. The second kappa shape index (κ2) is 7.16. The van der Waals surface area contributed by atoms with Crippen molar-refractivity contribution in [3.8, 4) is 11.5 Å². The summed E-state index contributed by atoms with van der Waals surface area (Å²) in [4.78, 5) is 0. The fourth-order valence-electron chi connectivity index (χ4n) is 2.87. The van der Waals surface area contributed by atoms with Gasteiger partial charge in [-0.15, -0.1) is 0 Å². The van der Waals surface area contributed by atoms with Crippen LogP contribution in [0.2, 0.25) is 0 Å². The lowest BCUT2D eigenvalue weighted by Crippen LogP contribution is -2.13. The Balaban J connectivity index is 1.74. The van der Waals surface area contributed by atoms with E-state index >= 15 is 0 Å². The molecule has 3 nitrogen and oxygen atoms in total. The highest BCUT2D eigenvalue weighted by molar-refractivity contribution is 5.85. The Morgan fingerprint density at radius 3 is 2.26 bits per heavy atom. The number of hydrogen-bond acceptors (Lipinski definition) is 3. The highest BCUT2D eigenvalue weighted by Gasteiger charge is 2.09. The van der Waals surface area contributed by atoms with E-state index in [1.54, 1.807) is 14.2 Å². The van der Waals surface area contributed by atoms with Crippen LogP contribution in [0.4, 0.5) is 0 Å². The van der Waals surface area contributed by atoms with Crippen LogP contribution in [0.1, 0.15) is 11.1 Å². The molecule has 3 aromatic carbocycles. The Labute approximate surface area is 136 Å². The molecule has 0 atom stereocenters. The van der Waals surface area contributed by atoms with Crippen molar-refractivity contribution in [2.24, 2.45) is 0 Å². The summed E-state index contributed by atoms with van der Waals surface area (Å²) in [7, 11) is 3.33. The Morgan fingerprint density at radius 1 is 0.739 bits per heavy atom. The predicted molar refractivity (Wildman–Crippen MR) is 94.0 cm³/mol. The fraction of sp³-hybridized carbons (Fsp3) is 0.200. The number of methoxy groups -OCH3 is 2. The maximum Gasteiger partial charge on any atom is 0.165 e. The van der Waals surface area contributed by atoms with E-state index in [0.717, 1.165) is 30.2 Å². The Morgan fingerprint density at radius 2 is 1.43 bits per heavy atom. The van der Waals surface area contributed by atoms with Gasteiger partial charge in [-0.05, 0) is 22.4 Å². The molecule has 0 amide bonds. The van der Waals surface area contributed by atoms with Gasteiger partial charge in [0, 0.05) is 18.7 Å². The summed E-state index contributed by atoms with van der Waals surface area (Å²) in [5, 5.41) is 6.06. The van der Waals surface area contributed by atoms with E-state index < -0.39 is 0 Å². The van der Waals surface area contributed by atoms with E-state index in [4.69, 9.17) is 9.47 Å². The summed E-state index contributed by atoms with van der Waals surface area (Å²) in [6, 6.07) is 20.8. The number of benzene rings is 3. The molecule has 1 N–H and O–H groups in total. The number of nitrogens with one attached hydrogen (secondary N) is 1. The molecule has 0 aliphatic heterocycles. The first-order valence-electron chi connectivity index (χ1n) is 7.70. The van der Waals surface area contributed by atoms with Gasteiger partial charge in [-0.2, -0.15) is 0 Å². The maximum absolute atomic E-state index is 5.48. The molecule has 118 valence electrons. The van der Waals surface area contributed by atoms with Crippen LogP contribution in [0, 0.1) is 0 Å². The third-order valence-electron chi connectivity index (χ3n) is 4.00. The molecule has 0 radical (unpaired) electrons. The number of para-hydroxylation sites is 1. The van der Waals surface area contributed by atoms with E-state index in [2.05, 4.69) is 53.8 Å². The van der Waals surface area contributed by atoms with Gasteiger partial charge in [-0.3, -0.25) is 0 Å². The van der Waals surface area contributed by atoms with Crippen molar-refractivity contribution in [3.05, 3.63) is 71.8 Å². The minimum absolute atomic E-state index is 0.726. The lowest BCUT2D eigenvalue weighted by molar-refractivity contribution is 0.350.